The predicted octanol–water partition coefficient (Wildman–Crippen LogP) is 2.85. The number of fused-ring (bicyclic) bond motifs is 1. The van der Waals surface area contributed by atoms with Gasteiger partial charge in [-0.1, -0.05) is 48.0 Å². The number of non-ortho nitro benzene ring substituents is 1. The van der Waals surface area contributed by atoms with Crippen molar-refractivity contribution in [2.45, 2.75) is 18.2 Å². The largest absolute Gasteiger partial charge is 0.458 e. The van der Waals surface area contributed by atoms with Crippen LogP contribution in [-0.2, 0) is 4.74 Å². The summed E-state index contributed by atoms with van der Waals surface area (Å²) in [6.07, 6.45) is -0.487. The van der Waals surface area contributed by atoms with Crippen LogP contribution in [-0.4, -0.2) is 11.2 Å². The van der Waals surface area contributed by atoms with Crippen LogP contribution >= 0.6 is 11.6 Å². The Morgan fingerprint density at radius 2 is 1.96 bits per heavy atom. The fourth-order valence-corrected chi connectivity index (χ4v) is 4.19. The number of nitrogens with one attached hydrogen (secondary N) is 2. The molecule has 142 valence electrons. The van der Waals surface area contributed by atoms with Crippen LogP contribution in [0.5, 0.6) is 0 Å². The highest BCUT2D eigenvalue weighted by atomic mass is 35.5. The molecule has 1 saturated heterocycles. The van der Waals surface area contributed by atoms with Crippen LogP contribution in [0.3, 0.4) is 0 Å². The van der Waals surface area contributed by atoms with E-state index in [1.807, 2.05) is 30.3 Å². The van der Waals surface area contributed by atoms with Gasteiger partial charge in [0.1, 0.15) is 6.07 Å². The van der Waals surface area contributed by atoms with E-state index in [1.165, 1.54) is 12.1 Å². The smallest absolute Gasteiger partial charge is 0.270 e. The molecule has 2 aromatic carbocycles. The number of ether oxygens (including phenoxy) is 1. The Morgan fingerprint density at radius 3 is 2.61 bits per heavy atom. The molecule has 0 spiro atoms. The first-order valence-corrected chi connectivity index (χ1v) is 8.95. The summed E-state index contributed by atoms with van der Waals surface area (Å²) in [7, 11) is 0. The van der Waals surface area contributed by atoms with Gasteiger partial charge in [0.05, 0.1) is 21.6 Å². The number of allylic oxidation sites excluding steroid dienone is 1. The standard InChI is InChI=1S/C19H16ClN5O3/c20-14-8-11(25(26)27)6-7-12(14)15-13(9-21)18(22)28-19-16(15)17(23-24-19)10-4-2-1-3-5-10/h1-8,15-17,19,23-24H,22H2. The normalized spacial score (nSPS) is 26.3. The molecule has 0 amide bonds. The minimum absolute atomic E-state index is 0.0196. The van der Waals surface area contributed by atoms with Gasteiger partial charge in [-0.3, -0.25) is 10.1 Å². The molecule has 9 heteroatoms. The van der Waals surface area contributed by atoms with E-state index in [2.05, 4.69) is 16.9 Å². The Hall–Kier alpha value is -3.12. The molecule has 4 rings (SSSR count). The van der Waals surface area contributed by atoms with Crippen molar-refractivity contribution >= 4 is 17.3 Å². The van der Waals surface area contributed by atoms with Crippen LogP contribution in [0, 0.1) is 27.4 Å². The summed E-state index contributed by atoms with van der Waals surface area (Å²) < 4.78 is 5.73. The number of benzene rings is 2. The molecule has 2 aliphatic heterocycles. The SMILES string of the molecule is N#CC1=C(N)OC2NNC(c3ccccc3)C2C1c1ccc([N+](=O)[O-])cc1Cl. The number of nitriles is 1. The van der Waals surface area contributed by atoms with E-state index in [1.54, 1.807) is 6.07 Å². The van der Waals surface area contributed by atoms with E-state index in [0.717, 1.165) is 5.56 Å². The Labute approximate surface area is 165 Å². The summed E-state index contributed by atoms with van der Waals surface area (Å²) in [5, 5.41) is 21.0. The topological polar surface area (TPSA) is 126 Å². The summed E-state index contributed by atoms with van der Waals surface area (Å²) in [4.78, 5) is 10.5. The Morgan fingerprint density at radius 1 is 1.21 bits per heavy atom. The first-order valence-electron chi connectivity index (χ1n) is 8.57. The summed E-state index contributed by atoms with van der Waals surface area (Å²) >= 11 is 6.40. The molecule has 0 saturated carbocycles. The average Bonchev–Trinajstić information content (AvgIpc) is 3.11. The number of hydrazine groups is 1. The van der Waals surface area contributed by atoms with Crippen LogP contribution in [0.1, 0.15) is 23.1 Å². The molecule has 2 aromatic rings. The Bertz CT molecular complexity index is 1000. The molecule has 0 radical (unpaired) electrons. The van der Waals surface area contributed by atoms with Crippen molar-refractivity contribution in [2.24, 2.45) is 11.7 Å². The summed E-state index contributed by atoms with van der Waals surface area (Å²) in [5.74, 6) is -0.723. The van der Waals surface area contributed by atoms with E-state index >= 15 is 0 Å². The van der Waals surface area contributed by atoms with Gasteiger partial charge in [0.15, 0.2) is 6.23 Å². The fourth-order valence-electron chi connectivity index (χ4n) is 3.90. The zero-order chi connectivity index (χ0) is 19.8. The van der Waals surface area contributed by atoms with E-state index in [-0.39, 0.29) is 34.1 Å². The maximum absolute atomic E-state index is 11.1. The van der Waals surface area contributed by atoms with Crippen molar-refractivity contribution in [3.8, 4) is 6.07 Å². The van der Waals surface area contributed by atoms with Gasteiger partial charge in [0, 0.05) is 24.0 Å². The molecular weight excluding hydrogens is 382 g/mol. The van der Waals surface area contributed by atoms with Crippen molar-refractivity contribution < 1.29 is 9.66 Å². The average molecular weight is 398 g/mol. The highest BCUT2D eigenvalue weighted by molar-refractivity contribution is 6.31. The van der Waals surface area contributed by atoms with Crippen molar-refractivity contribution in [2.75, 3.05) is 0 Å². The molecule has 1 fully saturated rings. The second-order valence-corrected chi connectivity index (χ2v) is 7.03. The molecule has 0 aliphatic carbocycles. The second-order valence-electron chi connectivity index (χ2n) is 6.62. The number of nitro groups is 1. The minimum atomic E-state index is -0.511. The lowest BCUT2D eigenvalue weighted by molar-refractivity contribution is -0.384. The molecule has 4 unspecified atom stereocenters. The van der Waals surface area contributed by atoms with Crippen LogP contribution in [0.25, 0.3) is 0 Å². The van der Waals surface area contributed by atoms with Gasteiger partial charge >= 0.3 is 0 Å². The zero-order valence-electron chi connectivity index (χ0n) is 14.5. The number of hydrogen-bond donors (Lipinski definition) is 3. The maximum Gasteiger partial charge on any atom is 0.270 e. The Balaban J connectivity index is 1.84. The van der Waals surface area contributed by atoms with E-state index in [9.17, 15) is 15.4 Å². The second kappa shape index (κ2) is 7.13. The van der Waals surface area contributed by atoms with Gasteiger partial charge in [0.2, 0.25) is 5.88 Å². The van der Waals surface area contributed by atoms with E-state index in [4.69, 9.17) is 22.1 Å². The third-order valence-corrected chi connectivity index (χ3v) is 5.47. The van der Waals surface area contributed by atoms with Gasteiger partial charge in [0.25, 0.3) is 5.69 Å². The lowest BCUT2D eigenvalue weighted by atomic mass is 9.74. The van der Waals surface area contributed by atoms with Gasteiger partial charge in [-0.2, -0.15) is 5.26 Å². The van der Waals surface area contributed by atoms with Crippen LogP contribution < -0.4 is 16.6 Å². The van der Waals surface area contributed by atoms with Crippen LogP contribution in [0.4, 0.5) is 5.69 Å². The molecular formula is C19H16ClN5O3. The highest BCUT2D eigenvalue weighted by Crippen LogP contribution is 2.49. The lowest BCUT2D eigenvalue weighted by Crippen LogP contribution is -2.41. The quantitative estimate of drug-likeness (QED) is 0.536. The first-order chi connectivity index (χ1) is 13.5. The molecule has 2 heterocycles. The third-order valence-electron chi connectivity index (χ3n) is 5.14. The van der Waals surface area contributed by atoms with Crippen molar-refractivity contribution in [3.05, 3.63) is 86.3 Å². The monoisotopic (exact) mass is 397 g/mol. The lowest BCUT2D eigenvalue weighted by Gasteiger charge is -2.36. The zero-order valence-corrected chi connectivity index (χ0v) is 15.3. The predicted molar refractivity (Wildman–Crippen MR) is 101 cm³/mol. The number of hydrogen-bond acceptors (Lipinski definition) is 7. The molecule has 4 atom stereocenters. The van der Waals surface area contributed by atoms with Crippen molar-refractivity contribution in [3.63, 3.8) is 0 Å². The van der Waals surface area contributed by atoms with Crippen molar-refractivity contribution in [1.29, 1.82) is 5.26 Å². The van der Waals surface area contributed by atoms with Gasteiger partial charge in [-0.05, 0) is 11.1 Å². The molecule has 4 N–H and O–H groups in total. The molecule has 0 bridgehead atoms. The van der Waals surface area contributed by atoms with Crippen molar-refractivity contribution in [1.82, 2.24) is 10.9 Å². The number of nitrogens with two attached hydrogens (primary N) is 1. The van der Waals surface area contributed by atoms with Crippen LogP contribution in [0.15, 0.2) is 60.0 Å². The van der Waals surface area contributed by atoms with Gasteiger partial charge in [-0.15, -0.1) is 0 Å². The molecule has 8 nitrogen and oxygen atoms in total. The highest BCUT2D eigenvalue weighted by Gasteiger charge is 2.49. The number of nitro benzene ring substituents is 1. The molecule has 28 heavy (non-hydrogen) atoms. The fraction of sp³-hybridized carbons (Fsp3) is 0.211. The number of nitrogens with zero attached hydrogens (tertiary/aromatic N) is 2. The van der Waals surface area contributed by atoms with Crippen LogP contribution in [0.2, 0.25) is 5.02 Å². The Kier molecular flexibility index (Phi) is 4.65. The third kappa shape index (κ3) is 2.96. The summed E-state index contributed by atoms with van der Waals surface area (Å²) in [5.41, 5.74) is 14.0. The number of halogens is 1. The summed E-state index contributed by atoms with van der Waals surface area (Å²) in [6.45, 7) is 0. The van der Waals surface area contributed by atoms with Gasteiger partial charge < -0.3 is 10.5 Å². The molecule has 2 aliphatic rings. The van der Waals surface area contributed by atoms with E-state index in [0.29, 0.717) is 5.56 Å². The maximum atomic E-state index is 11.1. The molecule has 0 aromatic heterocycles. The van der Waals surface area contributed by atoms with E-state index < -0.39 is 17.1 Å². The van der Waals surface area contributed by atoms with Gasteiger partial charge in [-0.25, -0.2) is 10.9 Å². The minimum Gasteiger partial charge on any atom is -0.458 e. The first kappa shape index (κ1) is 18.3. The summed E-state index contributed by atoms with van der Waals surface area (Å²) in [6, 6.07) is 15.9. The number of rotatable bonds is 3.